The van der Waals surface area contributed by atoms with Crippen LogP contribution in [0.25, 0.3) is 0 Å². The lowest BCUT2D eigenvalue weighted by Gasteiger charge is -2.27. The van der Waals surface area contributed by atoms with E-state index < -0.39 is 5.54 Å². The van der Waals surface area contributed by atoms with Gasteiger partial charge >= 0.3 is 6.03 Å². The highest BCUT2D eigenvalue weighted by atomic mass is 16.5. The van der Waals surface area contributed by atoms with Crippen LogP contribution in [0.4, 0.5) is 10.5 Å². The van der Waals surface area contributed by atoms with Crippen LogP contribution in [0.15, 0.2) is 36.7 Å². The van der Waals surface area contributed by atoms with E-state index in [4.69, 9.17) is 4.74 Å². The number of carbonyl (C=O) groups excluding carboxylic acids is 2. The van der Waals surface area contributed by atoms with Gasteiger partial charge in [0.25, 0.3) is 5.91 Å². The number of hydrogen-bond acceptors (Lipinski definition) is 5. The summed E-state index contributed by atoms with van der Waals surface area (Å²) in [5.41, 5.74) is 0.401. The number of ether oxygens (including phenoxy) is 1. The van der Waals surface area contributed by atoms with Gasteiger partial charge in [-0.3, -0.25) is 9.89 Å². The Morgan fingerprint density at radius 2 is 2.04 bits per heavy atom. The minimum absolute atomic E-state index is 0.271. The minimum Gasteiger partial charge on any atom is -0.492 e. The third kappa shape index (κ3) is 3.80. The van der Waals surface area contributed by atoms with Gasteiger partial charge in [0.2, 0.25) is 0 Å². The molecule has 2 heterocycles. The van der Waals surface area contributed by atoms with Crippen LogP contribution in [0.3, 0.4) is 0 Å². The third-order valence-corrected chi connectivity index (χ3v) is 4.61. The van der Waals surface area contributed by atoms with E-state index in [2.05, 4.69) is 10.2 Å². The molecule has 144 valence electrons. The number of likely N-dealkylation sites (N-methyl/N-ethyl adjacent to an activating group) is 1. The molecule has 1 N–H and O–H groups in total. The first-order valence-electron chi connectivity index (χ1n) is 8.82. The predicted octanol–water partition coefficient (Wildman–Crippen LogP) is 2.10. The molecule has 8 heteroatoms. The first kappa shape index (κ1) is 18.9. The lowest BCUT2D eigenvalue weighted by atomic mass is 10.0. The Bertz CT molecular complexity index is 817. The fraction of sp³-hybridized carbons (Fsp3) is 0.421. The first-order chi connectivity index (χ1) is 12.8. The van der Waals surface area contributed by atoms with Gasteiger partial charge in [0, 0.05) is 19.3 Å². The van der Waals surface area contributed by atoms with E-state index in [0.717, 1.165) is 17.9 Å². The maximum Gasteiger partial charge on any atom is 0.332 e. The van der Waals surface area contributed by atoms with Crippen LogP contribution in [0.1, 0.15) is 19.4 Å². The quantitative estimate of drug-likeness (QED) is 0.754. The Hall–Kier alpha value is -2.87. The topological polar surface area (TPSA) is 81.8 Å². The molecule has 1 aromatic carbocycles. The summed E-state index contributed by atoms with van der Waals surface area (Å²) in [6.45, 7) is 5.22. The summed E-state index contributed by atoms with van der Waals surface area (Å²) in [4.78, 5) is 30.5. The monoisotopic (exact) mass is 371 g/mol. The molecule has 1 aliphatic rings. The highest BCUT2D eigenvalue weighted by Gasteiger charge is 2.51. The zero-order chi connectivity index (χ0) is 19.6. The van der Waals surface area contributed by atoms with E-state index in [1.807, 2.05) is 43.3 Å². The number of hydrogen-bond donors (Lipinski definition) is 1. The molecule has 0 radical (unpaired) electrons. The second-order valence-electron chi connectivity index (χ2n) is 7.32. The van der Waals surface area contributed by atoms with Gasteiger partial charge in [-0.25, -0.2) is 9.69 Å². The van der Waals surface area contributed by atoms with Crippen molar-refractivity contribution in [1.29, 1.82) is 0 Å². The summed E-state index contributed by atoms with van der Waals surface area (Å²) in [6, 6.07) is 7.25. The number of nitrogens with one attached hydrogen (secondary N) is 1. The van der Waals surface area contributed by atoms with Crippen molar-refractivity contribution in [2.45, 2.75) is 25.9 Å². The highest BCUT2D eigenvalue weighted by molar-refractivity contribution is 6.22. The molecule has 1 fully saturated rings. The van der Waals surface area contributed by atoms with Gasteiger partial charge in [-0.05, 0) is 45.6 Å². The number of nitrogens with zero attached hydrogens (tertiary/aromatic N) is 4. The molecule has 3 amide bonds. The summed E-state index contributed by atoms with van der Waals surface area (Å²) in [6.07, 6.45) is 3.00. The van der Waals surface area contributed by atoms with E-state index in [1.54, 1.807) is 18.7 Å². The normalized spacial score (nSPS) is 16.5. The van der Waals surface area contributed by atoms with Gasteiger partial charge in [-0.1, -0.05) is 12.1 Å². The van der Waals surface area contributed by atoms with Crippen LogP contribution < -0.4 is 9.64 Å². The van der Waals surface area contributed by atoms with Crippen molar-refractivity contribution in [2.75, 3.05) is 32.1 Å². The molecule has 1 aromatic heterocycles. The van der Waals surface area contributed by atoms with E-state index in [-0.39, 0.29) is 11.9 Å². The number of aromatic nitrogens is 2. The molecule has 8 nitrogen and oxygen atoms in total. The van der Waals surface area contributed by atoms with Crippen LogP contribution in [0.5, 0.6) is 5.75 Å². The largest absolute Gasteiger partial charge is 0.492 e. The number of benzene rings is 1. The summed E-state index contributed by atoms with van der Waals surface area (Å²) in [5, 5.41) is 6.48. The third-order valence-electron chi connectivity index (χ3n) is 4.61. The standard InChI is InChI=1S/C19H25N5O3/c1-19(2)17(25)24(15-11-20-21-12-15)18(26)23(19)13-14-6-5-7-16(10-14)27-9-8-22(3)4/h5-7,10-12H,8-9,13H2,1-4H3,(H,20,21). The smallest absolute Gasteiger partial charge is 0.332 e. The molecular formula is C19H25N5O3. The zero-order valence-electron chi connectivity index (χ0n) is 16.1. The van der Waals surface area contributed by atoms with Crippen LogP contribution in [0.2, 0.25) is 0 Å². The van der Waals surface area contributed by atoms with E-state index in [9.17, 15) is 9.59 Å². The molecular weight excluding hydrogens is 346 g/mol. The molecule has 0 saturated carbocycles. The maximum absolute atomic E-state index is 12.9. The Balaban J connectivity index is 1.76. The number of amides is 3. The molecule has 0 spiro atoms. The van der Waals surface area contributed by atoms with Gasteiger partial charge in [0.15, 0.2) is 0 Å². The molecule has 2 aromatic rings. The van der Waals surface area contributed by atoms with Crippen LogP contribution in [-0.4, -0.2) is 64.7 Å². The van der Waals surface area contributed by atoms with Crippen LogP contribution in [-0.2, 0) is 11.3 Å². The number of carbonyl (C=O) groups is 2. The summed E-state index contributed by atoms with van der Waals surface area (Å²) < 4.78 is 5.77. The number of imide groups is 1. The number of anilines is 1. The molecule has 0 aliphatic carbocycles. The number of aromatic amines is 1. The van der Waals surface area contributed by atoms with Crippen LogP contribution >= 0.6 is 0 Å². The SMILES string of the molecule is CN(C)CCOc1cccc(CN2C(=O)N(c3cn[nH]c3)C(=O)C2(C)C)c1. The van der Waals surface area contributed by atoms with Gasteiger partial charge in [-0.2, -0.15) is 5.10 Å². The maximum atomic E-state index is 12.9. The van der Waals surface area contributed by atoms with Crippen molar-refractivity contribution in [2.24, 2.45) is 0 Å². The average molecular weight is 371 g/mol. The van der Waals surface area contributed by atoms with Gasteiger partial charge in [0.1, 0.15) is 17.9 Å². The second kappa shape index (κ2) is 7.40. The summed E-state index contributed by atoms with van der Waals surface area (Å²) >= 11 is 0. The lowest BCUT2D eigenvalue weighted by molar-refractivity contribution is -0.123. The molecule has 27 heavy (non-hydrogen) atoms. The fourth-order valence-corrected chi connectivity index (χ4v) is 2.96. The molecule has 1 aliphatic heterocycles. The summed E-state index contributed by atoms with van der Waals surface area (Å²) in [5.74, 6) is 0.476. The Labute approximate surface area is 158 Å². The second-order valence-corrected chi connectivity index (χ2v) is 7.32. The van der Waals surface area contributed by atoms with E-state index >= 15 is 0 Å². The fourth-order valence-electron chi connectivity index (χ4n) is 2.96. The Morgan fingerprint density at radius 1 is 1.26 bits per heavy atom. The minimum atomic E-state index is -0.948. The number of H-pyrrole nitrogens is 1. The van der Waals surface area contributed by atoms with E-state index in [0.29, 0.717) is 18.8 Å². The number of urea groups is 1. The molecule has 1 saturated heterocycles. The predicted molar refractivity (Wildman–Crippen MR) is 102 cm³/mol. The van der Waals surface area contributed by atoms with E-state index in [1.165, 1.54) is 17.3 Å². The van der Waals surface area contributed by atoms with Gasteiger partial charge in [0.05, 0.1) is 11.9 Å². The van der Waals surface area contributed by atoms with Gasteiger partial charge in [-0.15, -0.1) is 0 Å². The summed E-state index contributed by atoms with van der Waals surface area (Å²) in [7, 11) is 3.98. The molecule has 3 rings (SSSR count). The van der Waals surface area contributed by atoms with Crippen molar-refractivity contribution in [1.82, 2.24) is 20.0 Å². The van der Waals surface area contributed by atoms with Crippen LogP contribution in [0, 0.1) is 0 Å². The van der Waals surface area contributed by atoms with Crippen molar-refractivity contribution < 1.29 is 14.3 Å². The van der Waals surface area contributed by atoms with Gasteiger partial charge < -0.3 is 14.5 Å². The molecule has 0 bridgehead atoms. The van der Waals surface area contributed by atoms with Crippen molar-refractivity contribution in [3.63, 3.8) is 0 Å². The first-order valence-corrected chi connectivity index (χ1v) is 8.82. The number of rotatable bonds is 7. The van der Waals surface area contributed by atoms with Crippen molar-refractivity contribution >= 4 is 17.6 Å². The van der Waals surface area contributed by atoms with Crippen molar-refractivity contribution in [3.05, 3.63) is 42.2 Å². The molecule has 0 unspecified atom stereocenters. The Morgan fingerprint density at radius 3 is 2.70 bits per heavy atom. The average Bonchev–Trinajstić information content (AvgIpc) is 3.18. The highest BCUT2D eigenvalue weighted by Crippen LogP contribution is 2.33. The Kier molecular flexibility index (Phi) is 5.18. The lowest BCUT2D eigenvalue weighted by Crippen LogP contribution is -2.43. The molecule has 0 atom stereocenters. The van der Waals surface area contributed by atoms with Crippen molar-refractivity contribution in [3.8, 4) is 5.75 Å². The zero-order valence-corrected chi connectivity index (χ0v) is 16.1.